The zero-order valence-electron chi connectivity index (χ0n) is 10.6. The van der Waals surface area contributed by atoms with Crippen molar-refractivity contribution in [1.29, 1.82) is 0 Å². The number of carboxylic acids is 1. The quantitative estimate of drug-likeness (QED) is 0.826. The number of aliphatic hydroxyl groups is 1. The van der Waals surface area contributed by atoms with Gasteiger partial charge < -0.3 is 10.2 Å². The predicted molar refractivity (Wildman–Crippen MR) is 67.0 cm³/mol. The zero-order valence-corrected chi connectivity index (χ0v) is 10.6. The van der Waals surface area contributed by atoms with E-state index in [1.54, 1.807) is 19.1 Å². The zero-order chi connectivity index (χ0) is 13.1. The van der Waals surface area contributed by atoms with Gasteiger partial charge in [-0.3, -0.25) is 0 Å². The van der Waals surface area contributed by atoms with Crippen LogP contribution in [0, 0.1) is 0 Å². The van der Waals surface area contributed by atoms with Crippen LogP contribution in [-0.4, -0.2) is 16.2 Å². The highest BCUT2D eigenvalue weighted by molar-refractivity contribution is 5.79. The van der Waals surface area contributed by atoms with Gasteiger partial charge in [0.15, 0.2) is 5.60 Å². The van der Waals surface area contributed by atoms with Crippen molar-refractivity contribution < 1.29 is 15.0 Å². The molecule has 0 aliphatic heterocycles. The predicted octanol–water partition coefficient (Wildman–Crippen LogP) is 2.88. The summed E-state index contributed by atoms with van der Waals surface area (Å²) in [5, 5.41) is 19.1. The third-order valence-electron chi connectivity index (χ3n) is 3.44. The number of hydrogen-bond acceptors (Lipinski definition) is 2. The second kappa shape index (κ2) is 5.32. The third kappa shape index (κ3) is 2.67. The number of rotatable bonds is 5. The molecule has 0 aliphatic rings. The van der Waals surface area contributed by atoms with Gasteiger partial charge in [-0.05, 0) is 29.9 Å². The van der Waals surface area contributed by atoms with Crippen molar-refractivity contribution in [3.05, 3.63) is 35.4 Å². The average molecular weight is 236 g/mol. The van der Waals surface area contributed by atoms with Crippen molar-refractivity contribution in [1.82, 2.24) is 0 Å². The van der Waals surface area contributed by atoms with E-state index in [4.69, 9.17) is 5.11 Å². The fraction of sp³-hybridized carbons (Fsp3) is 0.500. The van der Waals surface area contributed by atoms with Crippen LogP contribution < -0.4 is 0 Å². The maximum Gasteiger partial charge on any atom is 0.340 e. The summed E-state index contributed by atoms with van der Waals surface area (Å²) in [5.41, 5.74) is -0.159. The first kappa shape index (κ1) is 13.7. The maximum atomic E-state index is 11.1. The smallest absolute Gasteiger partial charge is 0.340 e. The largest absolute Gasteiger partial charge is 0.479 e. The van der Waals surface area contributed by atoms with Crippen LogP contribution in [0.1, 0.15) is 50.7 Å². The molecule has 3 nitrogen and oxygen atoms in total. The molecule has 0 radical (unpaired) electrons. The van der Waals surface area contributed by atoms with Crippen LogP contribution in [-0.2, 0) is 10.4 Å². The number of benzene rings is 1. The minimum atomic E-state index is -1.77. The monoisotopic (exact) mass is 236 g/mol. The highest BCUT2D eigenvalue weighted by Gasteiger charge is 2.35. The summed E-state index contributed by atoms with van der Waals surface area (Å²) in [4.78, 5) is 11.1. The van der Waals surface area contributed by atoms with E-state index in [1.165, 1.54) is 5.56 Å². The summed E-state index contributed by atoms with van der Waals surface area (Å²) in [5.74, 6) is -0.750. The second-order valence-corrected chi connectivity index (χ2v) is 4.45. The Kier molecular flexibility index (Phi) is 4.29. The van der Waals surface area contributed by atoms with Crippen molar-refractivity contribution in [2.45, 2.75) is 45.1 Å². The Labute approximate surface area is 102 Å². The number of carbonyl (C=O) groups is 1. The number of hydrogen-bond donors (Lipinski definition) is 2. The minimum absolute atomic E-state index is 0.158. The van der Waals surface area contributed by atoms with E-state index in [0.29, 0.717) is 11.5 Å². The Morgan fingerprint density at radius 3 is 2.18 bits per heavy atom. The Hall–Kier alpha value is -1.35. The van der Waals surface area contributed by atoms with E-state index in [1.807, 2.05) is 12.1 Å². The summed E-state index contributed by atoms with van der Waals surface area (Å²) in [6, 6.07) is 7.21. The standard InChI is InChI=1S/C14H20O3/c1-4-10(3)11-6-8-12(9-7-11)14(17,5-2)13(15)16/h6-10,17H,4-5H2,1-3H3,(H,15,16). The van der Waals surface area contributed by atoms with Crippen LogP contribution in [0.25, 0.3) is 0 Å². The number of aliphatic carboxylic acids is 1. The van der Waals surface area contributed by atoms with E-state index >= 15 is 0 Å². The van der Waals surface area contributed by atoms with Crippen molar-refractivity contribution >= 4 is 5.97 Å². The SMILES string of the molecule is CCC(C)c1ccc(C(O)(CC)C(=O)O)cc1. The van der Waals surface area contributed by atoms with Gasteiger partial charge in [0.25, 0.3) is 0 Å². The van der Waals surface area contributed by atoms with Gasteiger partial charge in [-0.15, -0.1) is 0 Å². The first-order valence-corrected chi connectivity index (χ1v) is 6.01. The molecule has 0 fully saturated rings. The summed E-state index contributed by atoms with van der Waals surface area (Å²) < 4.78 is 0. The normalized spacial score (nSPS) is 16.2. The lowest BCUT2D eigenvalue weighted by atomic mass is 9.89. The molecule has 0 aromatic heterocycles. The van der Waals surface area contributed by atoms with Crippen molar-refractivity contribution in [2.75, 3.05) is 0 Å². The van der Waals surface area contributed by atoms with E-state index < -0.39 is 11.6 Å². The van der Waals surface area contributed by atoms with Crippen molar-refractivity contribution in [3.8, 4) is 0 Å². The molecule has 1 aromatic rings. The Morgan fingerprint density at radius 2 is 1.82 bits per heavy atom. The lowest BCUT2D eigenvalue weighted by Gasteiger charge is -2.22. The molecule has 0 bridgehead atoms. The van der Waals surface area contributed by atoms with Crippen LogP contribution in [0.3, 0.4) is 0 Å². The molecule has 2 unspecified atom stereocenters. The molecule has 0 saturated carbocycles. The molecule has 0 spiro atoms. The molecule has 0 heterocycles. The molecule has 1 rings (SSSR count). The van der Waals surface area contributed by atoms with Gasteiger partial charge in [0, 0.05) is 0 Å². The fourth-order valence-corrected chi connectivity index (χ4v) is 1.80. The van der Waals surface area contributed by atoms with Gasteiger partial charge >= 0.3 is 5.97 Å². The highest BCUT2D eigenvalue weighted by atomic mass is 16.4. The van der Waals surface area contributed by atoms with Crippen LogP contribution in [0.15, 0.2) is 24.3 Å². The molecular weight excluding hydrogens is 216 g/mol. The molecule has 0 aliphatic carbocycles. The van der Waals surface area contributed by atoms with Crippen LogP contribution in [0.2, 0.25) is 0 Å². The first-order valence-electron chi connectivity index (χ1n) is 6.01. The maximum absolute atomic E-state index is 11.1. The molecule has 94 valence electrons. The average Bonchev–Trinajstić information content (AvgIpc) is 2.36. The van der Waals surface area contributed by atoms with Gasteiger partial charge in [0.2, 0.25) is 0 Å². The minimum Gasteiger partial charge on any atom is -0.479 e. The van der Waals surface area contributed by atoms with Crippen LogP contribution in [0.4, 0.5) is 0 Å². The molecule has 3 heteroatoms. The molecule has 1 aromatic carbocycles. The van der Waals surface area contributed by atoms with Gasteiger partial charge in [-0.25, -0.2) is 4.79 Å². The van der Waals surface area contributed by atoms with E-state index in [2.05, 4.69) is 13.8 Å². The van der Waals surface area contributed by atoms with Gasteiger partial charge in [-0.1, -0.05) is 45.0 Å². The molecule has 2 atom stereocenters. The number of carboxylic acid groups (broad SMARTS) is 1. The van der Waals surface area contributed by atoms with Crippen LogP contribution in [0.5, 0.6) is 0 Å². The summed E-state index contributed by atoms with van der Waals surface area (Å²) in [7, 11) is 0. The summed E-state index contributed by atoms with van der Waals surface area (Å²) in [6.45, 7) is 5.90. The third-order valence-corrected chi connectivity index (χ3v) is 3.44. The summed E-state index contributed by atoms with van der Waals surface area (Å²) >= 11 is 0. The molecule has 0 saturated heterocycles. The van der Waals surface area contributed by atoms with Gasteiger partial charge in [0.05, 0.1) is 0 Å². The Morgan fingerprint density at radius 1 is 1.29 bits per heavy atom. The molecule has 0 amide bonds. The Balaban J connectivity index is 3.05. The lowest BCUT2D eigenvalue weighted by Crippen LogP contribution is -2.34. The van der Waals surface area contributed by atoms with Crippen molar-refractivity contribution in [2.24, 2.45) is 0 Å². The topological polar surface area (TPSA) is 57.5 Å². The van der Waals surface area contributed by atoms with E-state index in [9.17, 15) is 9.90 Å². The lowest BCUT2D eigenvalue weighted by molar-refractivity contribution is -0.160. The van der Waals surface area contributed by atoms with Gasteiger partial charge in [0.1, 0.15) is 0 Å². The van der Waals surface area contributed by atoms with Crippen molar-refractivity contribution in [3.63, 3.8) is 0 Å². The second-order valence-electron chi connectivity index (χ2n) is 4.45. The van der Waals surface area contributed by atoms with Gasteiger partial charge in [-0.2, -0.15) is 0 Å². The first-order chi connectivity index (χ1) is 7.95. The fourth-order valence-electron chi connectivity index (χ4n) is 1.80. The van der Waals surface area contributed by atoms with E-state index in [-0.39, 0.29) is 6.42 Å². The molecular formula is C14H20O3. The molecule has 17 heavy (non-hydrogen) atoms. The highest BCUT2D eigenvalue weighted by Crippen LogP contribution is 2.27. The van der Waals surface area contributed by atoms with Crippen LogP contribution >= 0.6 is 0 Å². The van der Waals surface area contributed by atoms with E-state index in [0.717, 1.165) is 6.42 Å². The Bertz CT molecular complexity index is 383. The summed E-state index contributed by atoms with van der Waals surface area (Å²) in [6.07, 6.45) is 1.20. The molecule has 2 N–H and O–H groups in total.